The second-order valence-corrected chi connectivity index (χ2v) is 6.09. The van der Waals surface area contributed by atoms with Crippen molar-refractivity contribution in [2.45, 2.75) is 0 Å². The van der Waals surface area contributed by atoms with Gasteiger partial charge in [0.15, 0.2) is 0 Å². The molecule has 1 aromatic heterocycles. The molecule has 2 aromatic rings. The Morgan fingerprint density at radius 1 is 0.870 bits per heavy atom. The Morgan fingerprint density at radius 2 is 1.39 bits per heavy atom. The second-order valence-electron chi connectivity index (χ2n) is 5.66. The van der Waals surface area contributed by atoms with Gasteiger partial charge in [-0.05, 0) is 30.3 Å². The van der Waals surface area contributed by atoms with Gasteiger partial charge in [0, 0.05) is 56.2 Å². The van der Waals surface area contributed by atoms with Crippen molar-refractivity contribution in [1.29, 1.82) is 0 Å². The van der Waals surface area contributed by atoms with Gasteiger partial charge >= 0.3 is 0 Å². The summed E-state index contributed by atoms with van der Waals surface area (Å²) in [4.78, 5) is 28.4. The summed E-state index contributed by atoms with van der Waals surface area (Å²) in [5.41, 5.74) is 1.31. The number of carbonyl (C=O) groups is 2. The molecule has 0 spiro atoms. The molecule has 2 heterocycles. The standard InChI is InChI=1S/C17H18ClN3O2/c1-19-7-6-14(12-19)17(23)21-10-8-20(9-11-21)16(22)13-2-4-15(18)5-3-13/h2-7,12H,8-11H2,1H3. The number of hydrogen-bond donors (Lipinski definition) is 0. The van der Waals surface area contributed by atoms with Crippen LogP contribution in [0.1, 0.15) is 20.7 Å². The van der Waals surface area contributed by atoms with Crippen molar-refractivity contribution in [2.24, 2.45) is 7.05 Å². The van der Waals surface area contributed by atoms with Crippen molar-refractivity contribution >= 4 is 23.4 Å². The molecule has 0 unspecified atom stereocenters. The quantitative estimate of drug-likeness (QED) is 0.847. The van der Waals surface area contributed by atoms with Crippen LogP contribution in [0, 0.1) is 0 Å². The van der Waals surface area contributed by atoms with Gasteiger partial charge in [0.05, 0.1) is 5.56 Å². The van der Waals surface area contributed by atoms with E-state index in [0.29, 0.717) is 42.3 Å². The topological polar surface area (TPSA) is 45.6 Å². The average molecular weight is 332 g/mol. The van der Waals surface area contributed by atoms with E-state index in [0.717, 1.165) is 0 Å². The summed E-state index contributed by atoms with van der Waals surface area (Å²) in [5, 5.41) is 0.611. The van der Waals surface area contributed by atoms with E-state index < -0.39 is 0 Å². The third-order valence-corrected chi connectivity index (χ3v) is 4.28. The molecule has 1 fully saturated rings. The minimum Gasteiger partial charge on any atom is -0.356 e. The van der Waals surface area contributed by atoms with Gasteiger partial charge in [-0.15, -0.1) is 0 Å². The molecular weight excluding hydrogens is 314 g/mol. The van der Waals surface area contributed by atoms with Crippen LogP contribution in [0.3, 0.4) is 0 Å². The van der Waals surface area contributed by atoms with Crippen LogP contribution >= 0.6 is 11.6 Å². The monoisotopic (exact) mass is 331 g/mol. The first-order valence-electron chi connectivity index (χ1n) is 7.51. The lowest BCUT2D eigenvalue weighted by molar-refractivity contribution is 0.0535. The fourth-order valence-electron chi connectivity index (χ4n) is 2.70. The van der Waals surface area contributed by atoms with Crippen LogP contribution in [0.4, 0.5) is 0 Å². The number of halogens is 1. The lowest BCUT2D eigenvalue weighted by Gasteiger charge is -2.34. The maximum atomic E-state index is 12.4. The Kier molecular flexibility index (Phi) is 4.39. The third kappa shape index (κ3) is 3.40. The number of piperazine rings is 1. The van der Waals surface area contributed by atoms with Gasteiger partial charge in [-0.25, -0.2) is 0 Å². The van der Waals surface area contributed by atoms with E-state index in [2.05, 4.69) is 0 Å². The summed E-state index contributed by atoms with van der Waals surface area (Å²) < 4.78 is 1.85. The summed E-state index contributed by atoms with van der Waals surface area (Å²) >= 11 is 5.85. The number of aromatic nitrogens is 1. The fourth-order valence-corrected chi connectivity index (χ4v) is 2.83. The predicted molar refractivity (Wildman–Crippen MR) is 88.7 cm³/mol. The smallest absolute Gasteiger partial charge is 0.255 e. The minimum atomic E-state index is -0.0199. The molecule has 120 valence electrons. The van der Waals surface area contributed by atoms with Crippen LogP contribution in [0.25, 0.3) is 0 Å². The van der Waals surface area contributed by atoms with E-state index in [-0.39, 0.29) is 11.8 Å². The molecule has 6 heteroatoms. The van der Waals surface area contributed by atoms with Gasteiger partial charge in [0.2, 0.25) is 0 Å². The second kappa shape index (κ2) is 6.46. The number of aryl methyl sites for hydroxylation is 1. The van der Waals surface area contributed by atoms with Crippen LogP contribution in [-0.4, -0.2) is 52.4 Å². The molecular formula is C17H18ClN3O2. The van der Waals surface area contributed by atoms with Crippen LogP contribution in [-0.2, 0) is 7.05 Å². The van der Waals surface area contributed by atoms with Crippen molar-refractivity contribution in [1.82, 2.24) is 14.4 Å². The van der Waals surface area contributed by atoms with Crippen molar-refractivity contribution in [3.8, 4) is 0 Å². The highest BCUT2D eigenvalue weighted by atomic mass is 35.5. The summed E-state index contributed by atoms with van der Waals surface area (Å²) in [6.07, 6.45) is 3.67. The van der Waals surface area contributed by atoms with E-state index in [1.54, 1.807) is 34.1 Å². The molecule has 0 saturated carbocycles. The van der Waals surface area contributed by atoms with Gasteiger partial charge < -0.3 is 14.4 Å². The normalized spacial score (nSPS) is 14.9. The first-order chi connectivity index (χ1) is 11.0. The van der Waals surface area contributed by atoms with Crippen molar-refractivity contribution in [3.63, 3.8) is 0 Å². The van der Waals surface area contributed by atoms with E-state index in [1.807, 2.05) is 30.1 Å². The van der Waals surface area contributed by atoms with Gasteiger partial charge in [-0.2, -0.15) is 0 Å². The van der Waals surface area contributed by atoms with Gasteiger partial charge in [-0.3, -0.25) is 9.59 Å². The van der Waals surface area contributed by atoms with Crippen molar-refractivity contribution < 1.29 is 9.59 Å². The van der Waals surface area contributed by atoms with Crippen LogP contribution in [0.2, 0.25) is 5.02 Å². The number of nitrogens with zero attached hydrogens (tertiary/aromatic N) is 3. The van der Waals surface area contributed by atoms with Gasteiger partial charge in [0.1, 0.15) is 0 Å². The molecule has 0 atom stereocenters. The average Bonchev–Trinajstić information content (AvgIpc) is 3.01. The van der Waals surface area contributed by atoms with E-state index >= 15 is 0 Å². The van der Waals surface area contributed by atoms with Gasteiger partial charge in [0.25, 0.3) is 11.8 Å². The largest absolute Gasteiger partial charge is 0.356 e. The summed E-state index contributed by atoms with van der Waals surface area (Å²) in [6, 6.07) is 8.69. The van der Waals surface area contributed by atoms with Gasteiger partial charge in [-0.1, -0.05) is 11.6 Å². The number of hydrogen-bond acceptors (Lipinski definition) is 2. The highest BCUT2D eigenvalue weighted by molar-refractivity contribution is 6.30. The molecule has 0 radical (unpaired) electrons. The molecule has 5 nitrogen and oxygen atoms in total. The summed E-state index contributed by atoms with van der Waals surface area (Å²) in [5.74, 6) is -0.00216. The van der Waals surface area contributed by atoms with Crippen LogP contribution < -0.4 is 0 Å². The van der Waals surface area contributed by atoms with E-state index in [9.17, 15) is 9.59 Å². The Morgan fingerprint density at radius 3 is 1.87 bits per heavy atom. The molecule has 1 saturated heterocycles. The molecule has 1 aliphatic heterocycles. The predicted octanol–water partition coefficient (Wildman–Crippen LogP) is 2.28. The molecule has 2 amide bonds. The third-order valence-electron chi connectivity index (χ3n) is 4.02. The van der Waals surface area contributed by atoms with Crippen LogP contribution in [0.15, 0.2) is 42.7 Å². The maximum Gasteiger partial charge on any atom is 0.255 e. The Bertz CT molecular complexity index is 716. The summed E-state index contributed by atoms with van der Waals surface area (Å²) in [7, 11) is 1.89. The molecule has 0 bridgehead atoms. The molecule has 1 aliphatic rings. The zero-order chi connectivity index (χ0) is 16.4. The Labute approximate surface area is 140 Å². The molecule has 1 aromatic carbocycles. The fraction of sp³-hybridized carbons (Fsp3) is 0.294. The highest BCUT2D eigenvalue weighted by Crippen LogP contribution is 2.14. The van der Waals surface area contributed by atoms with E-state index in [4.69, 9.17) is 11.6 Å². The zero-order valence-corrected chi connectivity index (χ0v) is 13.7. The SMILES string of the molecule is Cn1ccc(C(=O)N2CCN(C(=O)c3ccc(Cl)cc3)CC2)c1. The van der Waals surface area contributed by atoms with Crippen molar-refractivity contribution in [2.75, 3.05) is 26.2 Å². The lowest BCUT2D eigenvalue weighted by Crippen LogP contribution is -2.50. The minimum absolute atomic E-state index is 0.0178. The molecule has 3 rings (SSSR count). The summed E-state index contributed by atoms with van der Waals surface area (Å²) in [6.45, 7) is 2.18. The lowest BCUT2D eigenvalue weighted by atomic mass is 10.1. The van der Waals surface area contributed by atoms with E-state index in [1.165, 1.54) is 0 Å². The highest BCUT2D eigenvalue weighted by Gasteiger charge is 2.25. The Hall–Kier alpha value is -2.27. The zero-order valence-electron chi connectivity index (χ0n) is 12.9. The maximum absolute atomic E-state index is 12.4. The molecule has 23 heavy (non-hydrogen) atoms. The molecule has 0 N–H and O–H groups in total. The van der Waals surface area contributed by atoms with Crippen molar-refractivity contribution in [3.05, 3.63) is 58.9 Å². The first kappa shape index (κ1) is 15.6. The Balaban J connectivity index is 1.61. The number of amides is 2. The van der Waals surface area contributed by atoms with Crippen LogP contribution in [0.5, 0.6) is 0 Å². The number of carbonyl (C=O) groups excluding carboxylic acids is 2. The molecule has 0 aliphatic carbocycles. The number of rotatable bonds is 2. The first-order valence-corrected chi connectivity index (χ1v) is 7.88. The number of benzene rings is 1.